The van der Waals surface area contributed by atoms with E-state index in [-0.39, 0.29) is 22.3 Å². The number of aromatic carboxylic acids is 1. The number of nitrogens with one attached hydrogen (secondary N) is 1. The summed E-state index contributed by atoms with van der Waals surface area (Å²) in [6.45, 7) is 8.65. The van der Waals surface area contributed by atoms with Gasteiger partial charge in [0.15, 0.2) is 0 Å². The fraction of sp³-hybridized carbons (Fsp3) is 0.290. The molecule has 1 aliphatic carbocycles. The number of carbonyl (C=O) groups is 2. The Balaban J connectivity index is 1.73. The summed E-state index contributed by atoms with van der Waals surface area (Å²) in [4.78, 5) is 24.2. The van der Waals surface area contributed by atoms with Crippen LogP contribution in [0.2, 0.25) is 0 Å². The SMILES string of the molecule is CC1(C)CCC(C)(C)c2c(NC(=O)c3ccc(F)cc3)cc(C(O)/C=C/c3ccc(C(=O)O)cc3)cc21. The lowest BCUT2D eigenvalue weighted by atomic mass is 9.62. The molecule has 0 radical (unpaired) electrons. The van der Waals surface area contributed by atoms with Crippen molar-refractivity contribution in [2.45, 2.75) is 57.5 Å². The Kier molecular flexibility index (Phi) is 7.07. The number of hydrogen-bond donors (Lipinski definition) is 3. The molecule has 0 saturated carbocycles. The number of carbonyl (C=O) groups excluding carboxylic acids is 1. The molecule has 37 heavy (non-hydrogen) atoms. The van der Waals surface area contributed by atoms with E-state index >= 15 is 0 Å². The molecule has 0 fully saturated rings. The topological polar surface area (TPSA) is 86.6 Å². The highest BCUT2D eigenvalue weighted by molar-refractivity contribution is 6.05. The number of anilines is 1. The number of carboxylic acids is 1. The molecule has 3 aromatic rings. The third kappa shape index (κ3) is 5.65. The van der Waals surface area contributed by atoms with Crippen LogP contribution in [0, 0.1) is 5.82 Å². The number of hydrogen-bond acceptors (Lipinski definition) is 3. The Morgan fingerprint density at radius 1 is 0.919 bits per heavy atom. The van der Waals surface area contributed by atoms with Crippen LogP contribution in [0.25, 0.3) is 6.08 Å². The minimum atomic E-state index is -0.995. The number of amides is 1. The average Bonchev–Trinajstić information content (AvgIpc) is 2.85. The zero-order valence-electron chi connectivity index (χ0n) is 21.5. The summed E-state index contributed by atoms with van der Waals surface area (Å²) in [6.07, 6.45) is 4.34. The molecule has 0 saturated heterocycles. The first-order chi connectivity index (χ1) is 17.4. The number of carboxylic acid groups (broad SMARTS) is 1. The van der Waals surface area contributed by atoms with Crippen molar-refractivity contribution in [2.24, 2.45) is 0 Å². The van der Waals surface area contributed by atoms with Gasteiger partial charge in [-0.1, -0.05) is 58.0 Å². The van der Waals surface area contributed by atoms with E-state index in [9.17, 15) is 19.1 Å². The summed E-state index contributed by atoms with van der Waals surface area (Å²) in [6, 6.07) is 15.6. The maximum Gasteiger partial charge on any atom is 0.335 e. The van der Waals surface area contributed by atoms with Gasteiger partial charge in [0.05, 0.1) is 11.7 Å². The van der Waals surface area contributed by atoms with Crippen molar-refractivity contribution in [3.63, 3.8) is 0 Å². The van der Waals surface area contributed by atoms with Crippen molar-refractivity contribution < 1.29 is 24.2 Å². The van der Waals surface area contributed by atoms with Gasteiger partial charge in [0.2, 0.25) is 0 Å². The number of benzene rings is 3. The van der Waals surface area contributed by atoms with Crippen LogP contribution in [0.5, 0.6) is 0 Å². The predicted molar refractivity (Wildman–Crippen MR) is 143 cm³/mol. The molecule has 0 heterocycles. The van der Waals surface area contributed by atoms with Gasteiger partial charge in [0, 0.05) is 11.3 Å². The minimum Gasteiger partial charge on any atom is -0.478 e. The third-order valence-corrected chi connectivity index (χ3v) is 7.27. The lowest BCUT2D eigenvalue weighted by molar-refractivity contribution is 0.0696. The lowest BCUT2D eigenvalue weighted by Crippen LogP contribution is -2.35. The van der Waals surface area contributed by atoms with Crippen molar-refractivity contribution in [1.29, 1.82) is 0 Å². The molecule has 3 N–H and O–H groups in total. The molecule has 0 bridgehead atoms. The average molecular weight is 502 g/mol. The number of aliphatic hydroxyl groups is 1. The second-order valence-electron chi connectivity index (χ2n) is 11.0. The number of aliphatic hydroxyl groups excluding tert-OH is 1. The van der Waals surface area contributed by atoms with E-state index in [1.54, 1.807) is 24.3 Å². The number of fused-ring (bicyclic) bond motifs is 1. The quantitative estimate of drug-likeness (QED) is 0.344. The molecule has 1 atom stereocenters. The smallest absolute Gasteiger partial charge is 0.335 e. The van der Waals surface area contributed by atoms with Gasteiger partial charge in [-0.25, -0.2) is 9.18 Å². The van der Waals surface area contributed by atoms with Gasteiger partial charge in [-0.3, -0.25) is 4.79 Å². The van der Waals surface area contributed by atoms with Crippen molar-refractivity contribution in [3.8, 4) is 0 Å². The zero-order valence-corrected chi connectivity index (χ0v) is 21.5. The van der Waals surface area contributed by atoms with Crippen LogP contribution in [0.3, 0.4) is 0 Å². The van der Waals surface area contributed by atoms with Gasteiger partial charge in [-0.05, 0) is 88.4 Å². The van der Waals surface area contributed by atoms with Gasteiger partial charge >= 0.3 is 5.97 Å². The van der Waals surface area contributed by atoms with Gasteiger partial charge in [-0.15, -0.1) is 0 Å². The molecule has 1 unspecified atom stereocenters. The van der Waals surface area contributed by atoms with Crippen LogP contribution >= 0.6 is 0 Å². The molecular formula is C31H32FNO4. The van der Waals surface area contributed by atoms with Crippen LogP contribution < -0.4 is 5.32 Å². The summed E-state index contributed by atoms with van der Waals surface area (Å²) in [5.41, 5.74) is 4.34. The molecule has 6 heteroatoms. The fourth-order valence-electron chi connectivity index (χ4n) is 4.93. The first kappa shape index (κ1) is 26.3. The molecule has 5 nitrogen and oxygen atoms in total. The summed E-state index contributed by atoms with van der Waals surface area (Å²) in [5.74, 6) is -1.75. The summed E-state index contributed by atoms with van der Waals surface area (Å²) < 4.78 is 13.4. The first-order valence-electron chi connectivity index (χ1n) is 12.3. The molecule has 0 aliphatic heterocycles. The molecular weight excluding hydrogens is 469 g/mol. The Bertz CT molecular complexity index is 1360. The van der Waals surface area contributed by atoms with Gasteiger partial charge < -0.3 is 15.5 Å². The first-order valence-corrected chi connectivity index (χ1v) is 12.3. The van der Waals surface area contributed by atoms with Crippen LogP contribution in [0.1, 0.15) is 89.6 Å². The molecule has 1 aliphatic rings. The largest absolute Gasteiger partial charge is 0.478 e. The maximum absolute atomic E-state index is 13.4. The monoisotopic (exact) mass is 501 g/mol. The Hall–Kier alpha value is -3.77. The van der Waals surface area contributed by atoms with Crippen molar-refractivity contribution in [1.82, 2.24) is 0 Å². The van der Waals surface area contributed by atoms with Crippen molar-refractivity contribution in [2.75, 3.05) is 5.32 Å². The van der Waals surface area contributed by atoms with E-state index < -0.39 is 17.9 Å². The normalized spacial score (nSPS) is 16.7. The Morgan fingerprint density at radius 3 is 2.14 bits per heavy atom. The molecule has 1 amide bonds. The Labute approximate surface area is 216 Å². The highest BCUT2D eigenvalue weighted by Gasteiger charge is 2.39. The summed E-state index contributed by atoms with van der Waals surface area (Å²) in [5, 5.41) is 23.2. The Morgan fingerprint density at radius 2 is 1.51 bits per heavy atom. The second kappa shape index (κ2) is 9.94. The van der Waals surface area contributed by atoms with E-state index in [0.29, 0.717) is 16.8 Å². The fourth-order valence-corrected chi connectivity index (χ4v) is 4.93. The minimum absolute atomic E-state index is 0.160. The van der Waals surface area contributed by atoms with Crippen LogP contribution in [0.15, 0.2) is 66.7 Å². The summed E-state index contributed by atoms with van der Waals surface area (Å²) >= 11 is 0. The molecule has 192 valence electrons. The second-order valence-corrected chi connectivity index (χ2v) is 11.0. The van der Waals surface area contributed by atoms with Gasteiger partial charge in [-0.2, -0.15) is 0 Å². The maximum atomic E-state index is 13.4. The lowest BCUT2D eigenvalue weighted by Gasteiger charge is -2.43. The predicted octanol–water partition coefficient (Wildman–Crippen LogP) is 6.87. The molecule has 0 aromatic heterocycles. The van der Waals surface area contributed by atoms with Gasteiger partial charge in [0.1, 0.15) is 5.82 Å². The van der Waals surface area contributed by atoms with E-state index in [4.69, 9.17) is 5.11 Å². The molecule has 4 rings (SSSR count). The standard InChI is InChI=1S/C31H32FNO4/c1-30(2)15-16-31(3,4)27-24(30)17-22(18-25(27)33-28(35)20-10-12-23(32)13-11-20)26(34)14-7-19-5-8-21(9-6-19)29(36)37/h5-14,17-18,26,34H,15-16H2,1-4H3,(H,33,35)(H,36,37)/b14-7+. The molecule has 0 spiro atoms. The zero-order chi connectivity index (χ0) is 27.0. The van der Waals surface area contributed by atoms with E-state index in [0.717, 1.165) is 29.5 Å². The third-order valence-electron chi connectivity index (χ3n) is 7.27. The van der Waals surface area contributed by atoms with Crippen LogP contribution in [0.4, 0.5) is 10.1 Å². The number of rotatable bonds is 6. The van der Waals surface area contributed by atoms with Crippen LogP contribution in [-0.4, -0.2) is 22.1 Å². The van der Waals surface area contributed by atoms with Gasteiger partial charge in [0.25, 0.3) is 5.91 Å². The van der Waals surface area contributed by atoms with E-state index in [1.807, 2.05) is 12.1 Å². The highest BCUT2D eigenvalue weighted by Crippen LogP contribution is 2.49. The van der Waals surface area contributed by atoms with Crippen LogP contribution in [-0.2, 0) is 10.8 Å². The highest BCUT2D eigenvalue weighted by atomic mass is 19.1. The summed E-state index contributed by atoms with van der Waals surface area (Å²) in [7, 11) is 0. The molecule has 3 aromatic carbocycles. The van der Waals surface area contributed by atoms with E-state index in [1.165, 1.54) is 36.4 Å². The van der Waals surface area contributed by atoms with Crippen molar-refractivity contribution in [3.05, 3.63) is 106 Å². The van der Waals surface area contributed by atoms with E-state index in [2.05, 4.69) is 33.0 Å². The number of halogens is 1. The van der Waals surface area contributed by atoms with Crippen molar-refractivity contribution >= 4 is 23.6 Å².